The third kappa shape index (κ3) is 5.06. The lowest BCUT2D eigenvalue weighted by atomic mass is 10.4. The molecule has 0 radical (unpaired) electrons. The van der Waals surface area contributed by atoms with Crippen LogP contribution in [0.25, 0.3) is 11.6 Å². The van der Waals surface area contributed by atoms with E-state index in [0.29, 0.717) is 43.7 Å². The van der Waals surface area contributed by atoms with E-state index in [0.717, 1.165) is 11.3 Å². The zero-order valence-electron chi connectivity index (χ0n) is 15.9. The number of hydrogen-bond donors (Lipinski definition) is 1. The zero-order valence-corrected chi connectivity index (χ0v) is 19.1. The maximum absolute atomic E-state index is 12.3. The lowest BCUT2D eigenvalue weighted by Crippen LogP contribution is -2.14. The first-order valence-electron chi connectivity index (χ1n) is 8.69. The molecule has 0 fully saturated rings. The summed E-state index contributed by atoms with van der Waals surface area (Å²) >= 11 is 5.62. The number of carbonyl (C=O) groups is 2. The third-order valence-corrected chi connectivity index (χ3v) is 6.11. The molecule has 29 heavy (non-hydrogen) atoms. The molecular formula is C17H18BrN5O4S2. The van der Waals surface area contributed by atoms with E-state index in [2.05, 4.69) is 36.4 Å². The number of hydrogen-bond acceptors (Lipinski definition) is 9. The summed E-state index contributed by atoms with van der Waals surface area (Å²) in [5, 5.41) is 12.0. The second-order valence-corrected chi connectivity index (χ2v) is 8.37. The number of esters is 1. The van der Waals surface area contributed by atoms with E-state index in [9.17, 15) is 9.59 Å². The summed E-state index contributed by atoms with van der Waals surface area (Å²) in [6.07, 6.45) is 0. The van der Waals surface area contributed by atoms with Crippen molar-refractivity contribution in [2.75, 3.05) is 17.7 Å². The highest BCUT2D eigenvalue weighted by Crippen LogP contribution is 2.28. The van der Waals surface area contributed by atoms with Crippen LogP contribution in [0.15, 0.2) is 26.4 Å². The van der Waals surface area contributed by atoms with Crippen molar-refractivity contribution in [1.29, 1.82) is 0 Å². The number of aromatic nitrogens is 4. The molecule has 0 aliphatic rings. The summed E-state index contributed by atoms with van der Waals surface area (Å²) in [6, 6.07) is 3.58. The van der Waals surface area contributed by atoms with Crippen LogP contribution in [0.5, 0.6) is 0 Å². The number of carbonyl (C=O) groups excluding carboxylic acids is 2. The van der Waals surface area contributed by atoms with Gasteiger partial charge in [0.05, 0.1) is 18.1 Å². The van der Waals surface area contributed by atoms with Crippen LogP contribution in [-0.4, -0.2) is 44.0 Å². The number of nitrogens with zero attached hydrogens (tertiary/aromatic N) is 4. The van der Waals surface area contributed by atoms with Crippen molar-refractivity contribution in [2.24, 2.45) is 0 Å². The second kappa shape index (κ2) is 9.55. The zero-order chi connectivity index (χ0) is 21.0. The van der Waals surface area contributed by atoms with Gasteiger partial charge in [0.15, 0.2) is 20.7 Å². The molecule has 0 bridgehead atoms. The molecular weight excluding hydrogens is 482 g/mol. The Hall–Kier alpha value is -2.18. The lowest BCUT2D eigenvalue weighted by molar-refractivity contribution is -0.113. The number of amides is 1. The van der Waals surface area contributed by atoms with E-state index >= 15 is 0 Å². The predicted octanol–water partition coefficient (Wildman–Crippen LogP) is 3.99. The highest BCUT2D eigenvalue weighted by molar-refractivity contribution is 9.10. The van der Waals surface area contributed by atoms with Crippen molar-refractivity contribution < 1.29 is 18.7 Å². The SMILES string of the molecule is CCOC(=O)c1sc(NC(=O)CSc2nnc(-c3ccc(Br)o3)n2CC)nc1C. The van der Waals surface area contributed by atoms with Crippen LogP contribution in [0.4, 0.5) is 5.13 Å². The van der Waals surface area contributed by atoms with Gasteiger partial charge in [-0.15, -0.1) is 10.2 Å². The van der Waals surface area contributed by atoms with Gasteiger partial charge in [0, 0.05) is 6.54 Å². The fourth-order valence-electron chi connectivity index (χ4n) is 2.42. The fourth-order valence-corrected chi connectivity index (χ4v) is 4.40. The molecule has 1 amide bonds. The third-order valence-electron chi connectivity index (χ3n) is 3.66. The van der Waals surface area contributed by atoms with E-state index in [-0.39, 0.29) is 18.3 Å². The number of nitrogens with one attached hydrogen (secondary N) is 1. The van der Waals surface area contributed by atoms with Gasteiger partial charge in [-0.3, -0.25) is 9.36 Å². The Morgan fingerprint density at radius 2 is 2.14 bits per heavy atom. The van der Waals surface area contributed by atoms with E-state index in [4.69, 9.17) is 9.15 Å². The van der Waals surface area contributed by atoms with Crippen LogP contribution in [0, 0.1) is 6.92 Å². The van der Waals surface area contributed by atoms with Crippen molar-refractivity contribution in [1.82, 2.24) is 19.7 Å². The lowest BCUT2D eigenvalue weighted by Gasteiger charge is -2.05. The molecule has 3 rings (SSSR count). The number of thiazole rings is 1. The molecule has 0 aliphatic heterocycles. The first kappa shape index (κ1) is 21.5. The first-order valence-corrected chi connectivity index (χ1v) is 11.3. The van der Waals surface area contributed by atoms with Crippen LogP contribution >= 0.6 is 39.0 Å². The molecule has 3 aromatic rings. The van der Waals surface area contributed by atoms with Crippen molar-refractivity contribution in [3.05, 3.63) is 27.4 Å². The van der Waals surface area contributed by atoms with Crippen molar-refractivity contribution in [3.63, 3.8) is 0 Å². The van der Waals surface area contributed by atoms with Gasteiger partial charge in [0.2, 0.25) is 11.7 Å². The van der Waals surface area contributed by atoms with Crippen LogP contribution in [0.2, 0.25) is 0 Å². The monoisotopic (exact) mass is 499 g/mol. The van der Waals surface area contributed by atoms with Crippen LogP contribution in [0.1, 0.15) is 29.2 Å². The topological polar surface area (TPSA) is 112 Å². The van der Waals surface area contributed by atoms with Gasteiger partial charge in [-0.05, 0) is 48.8 Å². The van der Waals surface area contributed by atoms with Gasteiger partial charge in [-0.2, -0.15) is 0 Å². The molecule has 3 heterocycles. The highest BCUT2D eigenvalue weighted by Gasteiger charge is 2.19. The maximum atomic E-state index is 12.3. The Kier molecular flexibility index (Phi) is 7.09. The molecule has 0 spiro atoms. The number of furan rings is 1. The average Bonchev–Trinajstić information content (AvgIpc) is 3.38. The van der Waals surface area contributed by atoms with Crippen LogP contribution in [0.3, 0.4) is 0 Å². The number of anilines is 1. The molecule has 3 aromatic heterocycles. The quantitative estimate of drug-likeness (QED) is 0.365. The Morgan fingerprint density at radius 3 is 2.79 bits per heavy atom. The minimum Gasteiger partial charge on any atom is -0.462 e. The Bertz CT molecular complexity index is 1030. The molecule has 0 atom stereocenters. The maximum Gasteiger partial charge on any atom is 0.350 e. The molecule has 0 aliphatic carbocycles. The van der Waals surface area contributed by atoms with Gasteiger partial charge in [-0.25, -0.2) is 9.78 Å². The number of ether oxygens (including phenoxy) is 1. The molecule has 12 heteroatoms. The summed E-state index contributed by atoms with van der Waals surface area (Å²) in [6.45, 7) is 6.30. The molecule has 0 saturated carbocycles. The van der Waals surface area contributed by atoms with Gasteiger partial charge in [0.25, 0.3) is 0 Å². The second-order valence-electron chi connectivity index (χ2n) is 5.65. The summed E-state index contributed by atoms with van der Waals surface area (Å²) in [4.78, 5) is 28.8. The smallest absolute Gasteiger partial charge is 0.350 e. The van der Waals surface area contributed by atoms with Crippen molar-refractivity contribution in [2.45, 2.75) is 32.5 Å². The Morgan fingerprint density at radius 1 is 1.34 bits per heavy atom. The molecule has 154 valence electrons. The number of halogens is 1. The molecule has 0 unspecified atom stereocenters. The summed E-state index contributed by atoms with van der Waals surface area (Å²) < 4.78 is 13.0. The van der Waals surface area contributed by atoms with Gasteiger partial charge < -0.3 is 14.5 Å². The predicted molar refractivity (Wildman–Crippen MR) is 113 cm³/mol. The van der Waals surface area contributed by atoms with E-state index in [1.807, 2.05) is 11.5 Å². The van der Waals surface area contributed by atoms with E-state index < -0.39 is 5.97 Å². The standard InChI is InChI=1S/C17H18BrN5O4S2/c1-4-23-14(10-6-7-11(18)27-10)21-22-17(23)28-8-12(24)20-16-19-9(3)13(29-16)15(25)26-5-2/h6-7H,4-5,8H2,1-3H3,(H,19,20,24). The minimum absolute atomic E-state index is 0.118. The number of rotatable bonds is 8. The Labute approximate surface area is 183 Å². The fraction of sp³-hybridized carbons (Fsp3) is 0.353. The van der Waals surface area contributed by atoms with Crippen molar-refractivity contribution in [3.8, 4) is 11.6 Å². The van der Waals surface area contributed by atoms with Crippen molar-refractivity contribution >= 4 is 56.0 Å². The summed E-state index contributed by atoms with van der Waals surface area (Å²) in [5.74, 6) is 0.605. The van der Waals surface area contributed by atoms with E-state index in [1.165, 1.54) is 11.8 Å². The first-order chi connectivity index (χ1) is 13.9. The number of thioether (sulfide) groups is 1. The molecule has 0 saturated heterocycles. The van der Waals surface area contributed by atoms with Crippen LogP contribution in [-0.2, 0) is 16.1 Å². The Balaban J connectivity index is 1.64. The number of aryl methyl sites for hydroxylation is 1. The van der Waals surface area contributed by atoms with Gasteiger partial charge in [0.1, 0.15) is 4.88 Å². The van der Waals surface area contributed by atoms with Gasteiger partial charge >= 0.3 is 5.97 Å². The highest BCUT2D eigenvalue weighted by atomic mass is 79.9. The summed E-state index contributed by atoms with van der Waals surface area (Å²) in [7, 11) is 0. The minimum atomic E-state index is -0.439. The average molecular weight is 500 g/mol. The van der Waals surface area contributed by atoms with Crippen LogP contribution < -0.4 is 5.32 Å². The van der Waals surface area contributed by atoms with E-state index in [1.54, 1.807) is 26.0 Å². The molecule has 1 N–H and O–H groups in total. The normalized spacial score (nSPS) is 10.9. The molecule has 9 nitrogen and oxygen atoms in total. The summed E-state index contributed by atoms with van der Waals surface area (Å²) in [5.41, 5.74) is 0.524. The largest absolute Gasteiger partial charge is 0.462 e. The van der Waals surface area contributed by atoms with Gasteiger partial charge in [-0.1, -0.05) is 23.1 Å². The molecule has 0 aromatic carbocycles.